The van der Waals surface area contributed by atoms with E-state index in [1.165, 1.54) is 5.56 Å². The van der Waals surface area contributed by atoms with Gasteiger partial charge in [-0.1, -0.05) is 12.1 Å². The number of aryl methyl sites for hydroxylation is 1. The number of halogens is 1. The zero-order chi connectivity index (χ0) is 19.6. The smallest absolute Gasteiger partial charge is 0.409 e. The minimum atomic E-state index is -0.229. The number of nitrogens with one attached hydrogen (secondary N) is 1. The minimum Gasteiger partial charge on any atom is -0.496 e. The summed E-state index contributed by atoms with van der Waals surface area (Å²) in [5, 5.41) is 3.36. The summed E-state index contributed by atoms with van der Waals surface area (Å²) in [4.78, 5) is 20.6. The predicted molar refractivity (Wildman–Crippen MR) is 123 cm³/mol. The Morgan fingerprint density at radius 2 is 1.86 bits per heavy atom. The zero-order valence-electron chi connectivity index (χ0n) is 17.4. The van der Waals surface area contributed by atoms with Gasteiger partial charge in [0.25, 0.3) is 0 Å². The normalized spacial score (nSPS) is 14.4. The lowest BCUT2D eigenvalue weighted by atomic mass is 10.1. The fourth-order valence-electron chi connectivity index (χ4n) is 3.05. The molecule has 0 saturated carbocycles. The van der Waals surface area contributed by atoms with E-state index in [4.69, 9.17) is 14.5 Å². The van der Waals surface area contributed by atoms with Crippen molar-refractivity contribution in [3.63, 3.8) is 0 Å². The monoisotopic (exact) mass is 504 g/mol. The molecule has 0 spiro atoms. The molecule has 1 heterocycles. The third-order valence-electron chi connectivity index (χ3n) is 4.57. The first-order valence-electron chi connectivity index (χ1n) is 9.67. The molecule has 8 heteroatoms. The summed E-state index contributed by atoms with van der Waals surface area (Å²) in [6.45, 7) is 10.7. The van der Waals surface area contributed by atoms with Gasteiger partial charge >= 0.3 is 6.09 Å². The number of rotatable bonds is 6. The molecule has 0 aliphatic carbocycles. The molecule has 0 unspecified atom stereocenters. The maximum absolute atomic E-state index is 11.8. The first kappa shape index (κ1) is 24.3. The first-order chi connectivity index (χ1) is 13.1. The summed E-state index contributed by atoms with van der Waals surface area (Å²) in [5.41, 5.74) is 2.35. The highest BCUT2D eigenvalue weighted by Crippen LogP contribution is 2.19. The van der Waals surface area contributed by atoms with Crippen LogP contribution in [0.25, 0.3) is 0 Å². The highest BCUT2D eigenvalue weighted by Gasteiger charge is 2.23. The van der Waals surface area contributed by atoms with Gasteiger partial charge in [-0.15, -0.1) is 24.0 Å². The van der Waals surface area contributed by atoms with Crippen molar-refractivity contribution in [3.05, 3.63) is 29.3 Å². The number of amides is 1. The quantitative estimate of drug-likeness (QED) is 0.367. The third kappa shape index (κ3) is 7.03. The highest BCUT2D eigenvalue weighted by molar-refractivity contribution is 14.0. The van der Waals surface area contributed by atoms with E-state index in [0.29, 0.717) is 26.2 Å². The number of piperazine rings is 1. The number of benzene rings is 1. The molecule has 1 fully saturated rings. The van der Waals surface area contributed by atoms with Crippen molar-refractivity contribution >= 4 is 36.0 Å². The molecule has 0 bridgehead atoms. The lowest BCUT2D eigenvalue weighted by Crippen LogP contribution is -2.54. The number of guanidine groups is 1. The highest BCUT2D eigenvalue weighted by atomic mass is 127. The van der Waals surface area contributed by atoms with Gasteiger partial charge < -0.3 is 24.6 Å². The van der Waals surface area contributed by atoms with Gasteiger partial charge in [0.2, 0.25) is 0 Å². The Morgan fingerprint density at radius 1 is 1.18 bits per heavy atom. The molecule has 1 aliphatic heterocycles. The maximum atomic E-state index is 11.8. The van der Waals surface area contributed by atoms with Crippen LogP contribution in [0.2, 0.25) is 0 Å². The minimum absolute atomic E-state index is 0. The first-order valence-corrected chi connectivity index (χ1v) is 9.67. The molecular formula is C20H33IN4O3. The lowest BCUT2D eigenvalue weighted by molar-refractivity contribution is 0.0914. The average Bonchev–Trinajstić information content (AvgIpc) is 2.69. The van der Waals surface area contributed by atoms with Crippen LogP contribution >= 0.6 is 24.0 Å². The van der Waals surface area contributed by atoms with Gasteiger partial charge in [0.15, 0.2) is 5.96 Å². The second kappa shape index (κ2) is 12.7. The van der Waals surface area contributed by atoms with E-state index in [1.807, 2.05) is 13.8 Å². The predicted octanol–water partition coefficient (Wildman–Crippen LogP) is 2.90. The molecule has 28 heavy (non-hydrogen) atoms. The van der Waals surface area contributed by atoms with Crippen molar-refractivity contribution in [2.75, 3.05) is 53.0 Å². The Labute approximate surface area is 185 Å². The molecule has 7 nitrogen and oxygen atoms in total. The topological polar surface area (TPSA) is 66.4 Å². The Morgan fingerprint density at radius 3 is 2.46 bits per heavy atom. The van der Waals surface area contributed by atoms with E-state index in [2.05, 4.69) is 35.3 Å². The van der Waals surface area contributed by atoms with Crippen molar-refractivity contribution in [1.29, 1.82) is 0 Å². The standard InChI is InChI=1S/C20H32N4O3.HI/c1-5-21-19(23-11-13-24(14-12-23)20(25)27-6-2)22-10-9-17-8-7-16(3)18(15-17)26-4;/h7-8,15H,5-6,9-14H2,1-4H3,(H,21,22);1H. The average molecular weight is 504 g/mol. The van der Waals surface area contributed by atoms with Gasteiger partial charge in [0, 0.05) is 39.3 Å². The van der Waals surface area contributed by atoms with E-state index in [9.17, 15) is 4.79 Å². The summed E-state index contributed by atoms with van der Waals surface area (Å²) in [7, 11) is 1.70. The summed E-state index contributed by atoms with van der Waals surface area (Å²) in [6.07, 6.45) is 0.626. The molecule has 1 aliphatic rings. The third-order valence-corrected chi connectivity index (χ3v) is 4.57. The van der Waals surface area contributed by atoms with Crippen molar-refractivity contribution in [1.82, 2.24) is 15.1 Å². The molecule has 158 valence electrons. The van der Waals surface area contributed by atoms with E-state index in [1.54, 1.807) is 12.0 Å². The number of carbonyl (C=O) groups is 1. The molecule has 1 aromatic carbocycles. The largest absolute Gasteiger partial charge is 0.496 e. The number of carbonyl (C=O) groups excluding carboxylic acids is 1. The van der Waals surface area contributed by atoms with Crippen molar-refractivity contribution < 1.29 is 14.3 Å². The second-order valence-electron chi connectivity index (χ2n) is 6.46. The molecule has 0 radical (unpaired) electrons. The number of nitrogens with zero attached hydrogens (tertiary/aromatic N) is 3. The van der Waals surface area contributed by atoms with Gasteiger partial charge in [-0.05, 0) is 44.4 Å². The molecule has 1 amide bonds. The molecule has 1 N–H and O–H groups in total. The van der Waals surface area contributed by atoms with Gasteiger partial charge in [-0.25, -0.2) is 4.79 Å². The van der Waals surface area contributed by atoms with Gasteiger partial charge in [0.05, 0.1) is 13.7 Å². The summed E-state index contributed by atoms with van der Waals surface area (Å²) >= 11 is 0. The molecule has 1 saturated heterocycles. The van der Waals surface area contributed by atoms with Crippen LogP contribution in [0.4, 0.5) is 4.79 Å². The van der Waals surface area contributed by atoms with Gasteiger partial charge in [0.1, 0.15) is 5.75 Å². The van der Waals surface area contributed by atoms with E-state index < -0.39 is 0 Å². The Hall–Kier alpha value is -1.71. The number of ether oxygens (including phenoxy) is 2. The molecule has 0 atom stereocenters. The van der Waals surface area contributed by atoms with E-state index >= 15 is 0 Å². The van der Waals surface area contributed by atoms with Crippen LogP contribution in [-0.4, -0.2) is 74.8 Å². The number of aliphatic imine (C=N–C) groups is 1. The van der Waals surface area contributed by atoms with Crippen molar-refractivity contribution in [2.24, 2.45) is 4.99 Å². The van der Waals surface area contributed by atoms with Crippen molar-refractivity contribution in [2.45, 2.75) is 27.2 Å². The number of hydrogen-bond donors (Lipinski definition) is 1. The van der Waals surface area contributed by atoms with Crippen LogP contribution < -0.4 is 10.1 Å². The van der Waals surface area contributed by atoms with Crippen LogP contribution in [-0.2, 0) is 11.2 Å². The van der Waals surface area contributed by atoms with Gasteiger partial charge in [-0.3, -0.25) is 4.99 Å². The van der Waals surface area contributed by atoms with Crippen LogP contribution in [0.5, 0.6) is 5.75 Å². The number of methoxy groups -OCH3 is 1. The lowest BCUT2D eigenvalue weighted by Gasteiger charge is -2.35. The Kier molecular flexibility index (Phi) is 11.0. The Bertz CT molecular complexity index is 646. The van der Waals surface area contributed by atoms with E-state index in [-0.39, 0.29) is 30.1 Å². The van der Waals surface area contributed by atoms with E-state index in [0.717, 1.165) is 43.3 Å². The molecular weight excluding hydrogens is 471 g/mol. The molecule has 2 rings (SSSR count). The summed E-state index contributed by atoms with van der Waals surface area (Å²) < 4.78 is 10.5. The van der Waals surface area contributed by atoms with Crippen LogP contribution in [0.15, 0.2) is 23.2 Å². The van der Waals surface area contributed by atoms with Gasteiger partial charge in [-0.2, -0.15) is 0 Å². The SMILES string of the molecule is CCNC(=NCCc1ccc(C)c(OC)c1)N1CCN(C(=O)OCC)CC1.I. The molecule has 0 aromatic heterocycles. The Balaban J connectivity index is 0.00000392. The van der Waals surface area contributed by atoms with Crippen molar-refractivity contribution in [3.8, 4) is 5.75 Å². The maximum Gasteiger partial charge on any atom is 0.409 e. The number of hydrogen-bond acceptors (Lipinski definition) is 4. The fraction of sp³-hybridized carbons (Fsp3) is 0.600. The summed E-state index contributed by atoms with van der Waals surface area (Å²) in [6, 6.07) is 6.28. The van der Waals surface area contributed by atoms with Crippen LogP contribution in [0.1, 0.15) is 25.0 Å². The summed E-state index contributed by atoms with van der Waals surface area (Å²) in [5.74, 6) is 1.82. The zero-order valence-corrected chi connectivity index (χ0v) is 19.7. The van der Waals surface area contributed by atoms with Crippen LogP contribution in [0, 0.1) is 6.92 Å². The van der Waals surface area contributed by atoms with Crippen LogP contribution in [0.3, 0.4) is 0 Å². The molecule has 1 aromatic rings. The second-order valence-corrected chi connectivity index (χ2v) is 6.46. The fourth-order valence-corrected chi connectivity index (χ4v) is 3.05.